The number of hydrogen-bond donors (Lipinski definition) is 2. The van der Waals surface area contributed by atoms with E-state index in [0.717, 1.165) is 36.4 Å². The van der Waals surface area contributed by atoms with Crippen LogP contribution in [0, 0.1) is 5.92 Å². The Morgan fingerprint density at radius 1 is 1.17 bits per heavy atom. The third-order valence-electron chi connectivity index (χ3n) is 4.80. The van der Waals surface area contributed by atoms with Gasteiger partial charge in [-0.05, 0) is 43.8 Å². The van der Waals surface area contributed by atoms with Crippen molar-refractivity contribution in [1.82, 2.24) is 16.4 Å². The van der Waals surface area contributed by atoms with Crippen LogP contribution < -0.4 is 11.5 Å². The van der Waals surface area contributed by atoms with Crippen LogP contribution in [0.15, 0.2) is 30.3 Å². The zero-order valence-electron chi connectivity index (χ0n) is 13.6. The largest absolute Gasteiger partial charge is 0.471 e. The number of nitrogens with one attached hydrogen (secondary N) is 1. The van der Waals surface area contributed by atoms with E-state index in [1.54, 1.807) is 0 Å². The van der Waals surface area contributed by atoms with Crippen LogP contribution in [-0.4, -0.2) is 42.7 Å². The molecule has 0 bridgehead atoms. The van der Waals surface area contributed by atoms with Crippen molar-refractivity contribution in [3.8, 4) is 0 Å². The van der Waals surface area contributed by atoms with E-state index < -0.39 is 12.1 Å². The molecule has 0 radical (unpaired) electrons. The molecular weight excluding hydrogens is 319 g/mol. The molecule has 4 nitrogen and oxygen atoms in total. The molecule has 0 aromatic heterocycles. The van der Waals surface area contributed by atoms with Crippen molar-refractivity contribution in [2.24, 2.45) is 5.92 Å². The minimum Gasteiger partial charge on any atom is -0.344 e. The van der Waals surface area contributed by atoms with Crippen molar-refractivity contribution in [3.63, 3.8) is 0 Å². The highest BCUT2D eigenvalue weighted by atomic mass is 19.4. The highest BCUT2D eigenvalue weighted by Gasteiger charge is 2.52. The van der Waals surface area contributed by atoms with E-state index >= 15 is 0 Å². The summed E-state index contributed by atoms with van der Waals surface area (Å²) in [5.74, 6) is -1.50. The number of nitrogens with zero attached hydrogens (tertiary/aromatic N) is 1. The van der Waals surface area contributed by atoms with Crippen molar-refractivity contribution in [1.29, 1.82) is 0 Å². The molecule has 2 aliphatic rings. The van der Waals surface area contributed by atoms with E-state index in [1.807, 2.05) is 30.3 Å². The van der Waals surface area contributed by atoms with E-state index in [2.05, 4.69) is 5.32 Å². The predicted molar refractivity (Wildman–Crippen MR) is 86.0 cm³/mol. The number of rotatable bonds is 4. The fraction of sp³-hybridized carbons (Fsp3) is 0.588. The molecule has 0 spiro atoms. The number of alkyl halides is 3. The van der Waals surface area contributed by atoms with Gasteiger partial charge in [0.25, 0.3) is 0 Å². The van der Waals surface area contributed by atoms with Gasteiger partial charge < -0.3 is 16.4 Å². The van der Waals surface area contributed by atoms with E-state index in [1.165, 1.54) is 0 Å². The molecule has 1 saturated heterocycles. The zero-order chi connectivity index (χ0) is 16.4. The van der Waals surface area contributed by atoms with Crippen LogP contribution in [0.4, 0.5) is 13.2 Å². The first-order valence-corrected chi connectivity index (χ1v) is 8.10. The Balaban J connectivity index is 0.00000208. The Morgan fingerprint density at radius 2 is 1.79 bits per heavy atom. The topological polar surface area (TPSA) is 67.3 Å². The Kier molecular flexibility index (Phi) is 5.87. The van der Waals surface area contributed by atoms with Crippen LogP contribution in [-0.2, 0) is 4.79 Å². The average Bonchev–Trinajstić information content (AvgIpc) is 3.33. The highest BCUT2D eigenvalue weighted by Crippen LogP contribution is 2.46. The Bertz CT molecular complexity index is 544. The van der Waals surface area contributed by atoms with Gasteiger partial charge in [0.15, 0.2) is 0 Å². The normalized spacial score (nSPS) is 24.1. The number of amides is 1. The van der Waals surface area contributed by atoms with Gasteiger partial charge in [0.05, 0.1) is 0 Å². The number of hydrogen-bond acceptors (Lipinski definition) is 3. The van der Waals surface area contributed by atoms with Gasteiger partial charge in [-0.25, -0.2) is 0 Å². The molecule has 1 aromatic rings. The summed E-state index contributed by atoms with van der Waals surface area (Å²) in [5.41, 5.74) is 1.02. The van der Waals surface area contributed by atoms with Crippen LogP contribution in [0.1, 0.15) is 30.7 Å². The first-order valence-electron chi connectivity index (χ1n) is 8.10. The number of benzene rings is 1. The summed E-state index contributed by atoms with van der Waals surface area (Å²) in [5, 5.41) is 3.20. The number of piperidine rings is 1. The second-order valence-corrected chi connectivity index (χ2v) is 6.47. The van der Waals surface area contributed by atoms with Crippen molar-refractivity contribution in [2.75, 3.05) is 19.6 Å². The van der Waals surface area contributed by atoms with Crippen LogP contribution in [0.5, 0.6) is 0 Å². The third-order valence-corrected chi connectivity index (χ3v) is 4.80. The van der Waals surface area contributed by atoms with E-state index in [4.69, 9.17) is 0 Å². The van der Waals surface area contributed by atoms with Crippen LogP contribution >= 0.6 is 0 Å². The summed E-state index contributed by atoms with van der Waals surface area (Å²) in [6.07, 6.45) is -2.53. The van der Waals surface area contributed by atoms with Gasteiger partial charge >= 0.3 is 12.1 Å². The minimum absolute atomic E-state index is 0. The maximum absolute atomic E-state index is 13.0. The van der Waals surface area contributed by atoms with E-state index in [9.17, 15) is 18.0 Å². The lowest BCUT2D eigenvalue weighted by molar-refractivity contribution is -0.186. The van der Waals surface area contributed by atoms with Gasteiger partial charge in [0.1, 0.15) is 0 Å². The lowest BCUT2D eigenvalue weighted by Gasteiger charge is -2.31. The number of carbonyl (C=O) groups excluding carboxylic acids is 1. The Labute approximate surface area is 140 Å². The quantitative estimate of drug-likeness (QED) is 0.883. The minimum atomic E-state index is -4.79. The lowest BCUT2D eigenvalue weighted by Crippen LogP contribution is -2.46. The van der Waals surface area contributed by atoms with E-state index in [-0.39, 0.29) is 30.6 Å². The highest BCUT2D eigenvalue weighted by molar-refractivity contribution is 5.82. The molecule has 1 heterocycles. The summed E-state index contributed by atoms with van der Waals surface area (Å²) in [4.78, 5) is 13.0. The SMILES string of the molecule is N.O=C(N(CC1CCNCC1)C1CC1c1ccccc1)C(F)(F)F. The van der Waals surface area contributed by atoms with Crippen molar-refractivity contribution in [3.05, 3.63) is 35.9 Å². The fourth-order valence-corrected chi connectivity index (χ4v) is 3.46. The standard InChI is InChI=1S/C17H21F3N2O.H3N/c18-17(19,20)16(23)22(11-12-6-8-21-9-7-12)15-10-14(15)13-4-2-1-3-5-13;/h1-5,12,14-15,21H,6-11H2;1H3. The zero-order valence-corrected chi connectivity index (χ0v) is 13.6. The smallest absolute Gasteiger partial charge is 0.344 e. The van der Waals surface area contributed by atoms with Gasteiger partial charge in [-0.3, -0.25) is 4.79 Å². The van der Waals surface area contributed by atoms with Gasteiger partial charge in [-0.15, -0.1) is 0 Å². The first-order chi connectivity index (χ1) is 11.0. The monoisotopic (exact) mass is 343 g/mol. The molecule has 1 aliphatic carbocycles. The summed E-state index contributed by atoms with van der Waals surface area (Å²) in [7, 11) is 0. The molecule has 4 N–H and O–H groups in total. The average molecular weight is 343 g/mol. The molecule has 1 aliphatic heterocycles. The summed E-state index contributed by atoms with van der Waals surface area (Å²) in [6, 6.07) is 9.17. The molecule has 24 heavy (non-hydrogen) atoms. The number of carbonyl (C=O) groups is 1. The van der Waals surface area contributed by atoms with Gasteiger partial charge in [0.2, 0.25) is 0 Å². The first kappa shape index (κ1) is 18.7. The maximum atomic E-state index is 13.0. The molecule has 3 rings (SSSR count). The Morgan fingerprint density at radius 3 is 2.38 bits per heavy atom. The second-order valence-electron chi connectivity index (χ2n) is 6.47. The number of halogens is 3. The molecular formula is C17H24F3N3O. The van der Waals surface area contributed by atoms with Crippen LogP contribution in [0.2, 0.25) is 0 Å². The molecule has 2 unspecified atom stereocenters. The summed E-state index contributed by atoms with van der Waals surface area (Å²) >= 11 is 0. The maximum Gasteiger partial charge on any atom is 0.471 e. The van der Waals surface area contributed by atoms with Crippen LogP contribution in [0.3, 0.4) is 0 Å². The molecule has 1 saturated carbocycles. The van der Waals surface area contributed by atoms with Crippen LogP contribution in [0.25, 0.3) is 0 Å². The Hall–Kier alpha value is -1.60. The van der Waals surface area contributed by atoms with Crippen molar-refractivity contribution in [2.45, 2.75) is 37.4 Å². The molecule has 134 valence electrons. The fourth-order valence-electron chi connectivity index (χ4n) is 3.46. The predicted octanol–water partition coefficient (Wildman–Crippen LogP) is 3.10. The lowest BCUT2D eigenvalue weighted by atomic mass is 9.97. The third kappa shape index (κ3) is 4.27. The van der Waals surface area contributed by atoms with Crippen molar-refractivity contribution >= 4 is 5.91 Å². The molecule has 1 aromatic carbocycles. The van der Waals surface area contributed by atoms with Gasteiger partial charge in [-0.1, -0.05) is 30.3 Å². The summed E-state index contributed by atoms with van der Waals surface area (Å²) in [6.45, 7) is 1.84. The summed E-state index contributed by atoms with van der Waals surface area (Å²) < 4.78 is 38.9. The molecule has 7 heteroatoms. The molecule has 2 fully saturated rings. The second kappa shape index (κ2) is 7.53. The molecule has 2 atom stereocenters. The van der Waals surface area contributed by atoms with E-state index in [0.29, 0.717) is 6.42 Å². The molecule has 1 amide bonds. The van der Waals surface area contributed by atoms with Gasteiger partial charge in [0, 0.05) is 18.5 Å². The van der Waals surface area contributed by atoms with Gasteiger partial charge in [-0.2, -0.15) is 13.2 Å². The van der Waals surface area contributed by atoms with Crippen molar-refractivity contribution < 1.29 is 18.0 Å².